The summed E-state index contributed by atoms with van der Waals surface area (Å²) in [6.45, 7) is 8.67. The first-order valence-electron chi connectivity index (χ1n) is 6.03. The molecule has 4 N–H and O–H groups in total. The second kappa shape index (κ2) is 7.27. The predicted molar refractivity (Wildman–Crippen MR) is 68.4 cm³/mol. The molecule has 100 valence electrons. The average molecular weight is 243 g/mol. The van der Waals surface area contributed by atoms with E-state index < -0.39 is 0 Å². The minimum absolute atomic E-state index is 0.0227. The molecule has 0 aliphatic heterocycles. The van der Waals surface area contributed by atoms with Gasteiger partial charge in [-0.05, 0) is 18.8 Å². The second-order valence-electron chi connectivity index (χ2n) is 5.46. The van der Waals surface area contributed by atoms with Crippen LogP contribution < -0.4 is 16.4 Å². The minimum atomic E-state index is -0.176. The molecule has 0 aromatic rings. The Balaban J connectivity index is 3.82. The third-order valence-corrected chi connectivity index (χ3v) is 2.14. The van der Waals surface area contributed by atoms with Gasteiger partial charge in [0.15, 0.2) is 0 Å². The molecule has 2 amide bonds. The molecule has 0 aromatic heterocycles. The van der Waals surface area contributed by atoms with Gasteiger partial charge in [0.25, 0.3) is 0 Å². The maximum absolute atomic E-state index is 11.5. The van der Waals surface area contributed by atoms with E-state index in [0.717, 1.165) is 6.42 Å². The number of carbonyl (C=O) groups is 2. The Labute approximate surface area is 104 Å². The molecule has 0 radical (unpaired) electrons. The van der Waals surface area contributed by atoms with E-state index in [0.29, 0.717) is 6.54 Å². The second-order valence-corrected chi connectivity index (χ2v) is 5.46. The first-order valence-corrected chi connectivity index (χ1v) is 6.03. The molecule has 0 aromatic carbocycles. The van der Waals surface area contributed by atoms with E-state index in [1.807, 2.05) is 6.92 Å². The lowest BCUT2D eigenvalue weighted by atomic mass is 9.87. The van der Waals surface area contributed by atoms with E-state index in [4.69, 9.17) is 5.73 Å². The number of amides is 2. The Morgan fingerprint density at radius 3 is 2.24 bits per heavy atom. The lowest BCUT2D eigenvalue weighted by Gasteiger charge is -2.22. The summed E-state index contributed by atoms with van der Waals surface area (Å²) in [7, 11) is 0. The van der Waals surface area contributed by atoms with Gasteiger partial charge in [0, 0.05) is 19.0 Å². The SMILES string of the molecule is CCNC(=O)CNC(=O)CC(N)CC(C)(C)C. The van der Waals surface area contributed by atoms with Crippen LogP contribution in [0.2, 0.25) is 0 Å². The summed E-state index contributed by atoms with van der Waals surface area (Å²) in [6, 6.07) is -0.163. The zero-order chi connectivity index (χ0) is 13.5. The molecule has 0 saturated heterocycles. The zero-order valence-corrected chi connectivity index (χ0v) is 11.3. The summed E-state index contributed by atoms with van der Waals surface area (Å²) in [5.74, 6) is -0.349. The van der Waals surface area contributed by atoms with Gasteiger partial charge in [-0.25, -0.2) is 0 Å². The van der Waals surface area contributed by atoms with Crippen molar-refractivity contribution in [2.75, 3.05) is 13.1 Å². The van der Waals surface area contributed by atoms with Gasteiger partial charge in [0.1, 0.15) is 0 Å². The molecule has 0 heterocycles. The molecule has 0 aliphatic carbocycles. The van der Waals surface area contributed by atoms with Crippen LogP contribution in [-0.2, 0) is 9.59 Å². The highest BCUT2D eigenvalue weighted by Crippen LogP contribution is 2.20. The molecule has 0 saturated carbocycles. The molecule has 1 atom stereocenters. The monoisotopic (exact) mass is 243 g/mol. The van der Waals surface area contributed by atoms with Crippen LogP contribution >= 0.6 is 0 Å². The van der Waals surface area contributed by atoms with Crippen LogP contribution in [0.1, 0.15) is 40.5 Å². The van der Waals surface area contributed by atoms with Crippen LogP contribution in [0, 0.1) is 5.41 Å². The highest BCUT2D eigenvalue weighted by atomic mass is 16.2. The Kier molecular flexibility index (Phi) is 6.80. The van der Waals surface area contributed by atoms with Crippen molar-refractivity contribution >= 4 is 11.8 Å². The van der Waals surface area contributed by atoms with E-state index >= 15 is 0 Å². The van der Waals surface area contributed by atoms with Gasteiger partial charge in [-0.1, -0.05) is 20.8 Å². The molecule has 0 aliphatic rings. The summed E-state index contributed by atoms with van der Waals surface area (Å²) in [6.07, 6.45) is 1.04. The highest BCUT2D eigenvalue weighted by Gasteiger charge is 2.18. The van der Waals surface area contributed by atoms with E-state index in [1.54, 1.807) is 0 Å². The third-order valence-electron chi connectivity index (χ3n) is 2.14. The maximum Gasteiger partial charge on any atom is 0.239 e. The van der Waals surface area contributed by atoms with Gasteiger partial charge in [-0.15, -0.1) is 0 Å². The fourth-order valence-electron chi connectivity index (χ4n) is 1.61. The smallest absolute Gasteiger partial charge is 0.239 e. The minimum Gasteiger partial charge on any atom is -0.355 e. The fraction of sp³-hybridized carbons (Fsp3) is 0.833. The molecule has 0 rings (SSSR count). The number of likely N-dealkylation sites (N-methyl/N-ethyl adjacent to an activating group) is 1. The van der Waals surface area contributed by atoms with E-state index in [9.17, 15) is 9.59 Å². The summed E-state index contributed by atoms with van der Waals surface area (Å²) in [5.41, 5.74) is 5.97. The van der Waals surface area contributed by atoms with Gasteiger partial charge >= 0.3 is 0 Å². The lowest BCUT2D eigenvalue weighted by molar-refractivity contribution is -0.126. The lowest BCUT2D eigenvalue weighted by Crippen LogP contribution is -2.39. The Morgan fingerprint density at radius 1 is 1.18 bits per heavy atom. The van der Waals surface area contributed by atoms with Crippen molar-refractivity contribution in [2.45, 2.75) is 46.6 Å². The van der Waals surface area contributed by atoms with Crippen molar-refractivity contribution in [2.24, 2.45) is 11.1 Å². The van der Waals surface area contributed by atoms with Crippen LogP contribution in [0.5, 0.6) is 0 Å². The van der Waals surface area contributed by atoms with Crippen molar-refractivity contribution in [3.63, 3.8) is 0 Å². The van der Waals surface area contributed by atoms with Crippen molar-refractivity contribution in [1.29, 1.82) is 0 Å². The molecule has 0 spiro atoms. The van der Waals surface area contributed by atoms with Crippen LogP contribution in [-0.4, -0.2) is 30.9 Å². The number of nitrogens with one attached hydrogen (secondary N) is 2. The number of carbonyl (C=O) groups excluding carboxylic acids is 2. The molecule has 0 fully saturated rings. The molecular formula is C12H25N3O2. The van der Waals surface area contributed by atoms with Crippen molar-refractivity contribution in [3.8, 4) is 0 Å². The van der Waals surface area contributed by atoms with Gasteiger partial charge in [0.2, 0.25) is 11.8 Å². The van der Waals surface area contributed by atoms with Crippen molar-refractivity contribution < 1.29 is 9.59 Å². The first-order chi connectivity index (χ1) is 7.74. The van der Waals surface area contributed by atoms with Crippen LogP contribution in [0.4, 0.5) is 0 Å². The quantitative estimate of drug-likeness (QED) is 0.631. The van der Waals surface area contributed by atoms with Gasteiger partial charge in [-0.3, -0.25) is 9.59 Å². The van der Waals surface area contributed by atoms with E-state index in [2.05, 4.69) is 31.4 Å². The summed E-state index contributed by atoms with van der Waals surface area (Å²) in [4.78, 5) is 22.6. The standard InChI is InChI=1S/C12H25N3O2/c1-5-14-11(17)8-15-10(16)6-9(13)7-12(2,3)4/h9H,5-8,13H2,1-4H3,(H,14,17)(H,15,16). The molecule has 5 heteroatoms. The number of hydrogen-bond donors (Lipinski definition) is 3. The van der Waals surface area contributed by atoms with E-state index in [-0.39, 0.29) is 36.2 Å². The normalized spacial score (nSPS) is 13.0. The zero-order valence-electron chi connectivity index (χ0n) is 11.3. The average Bonchev–Trinajstić information content (AvgIpc) is 2.12. The molecule has 17 heavy (non-hydrogen) atoms. The summed E-state index contributed by atoms with van der Waals surface area (Å²) < 4.78 is 0. The predicted octanol–water partition coefficient (Wildman–Crippen LogP) is 0.392. The Morgan fingerprint density at radius 2 is 1.76 bits per heavy atom. The van der Waals surface area contributed by atoms with Gasteiger partial charge in [-0.2, -0.15) is 0 Å². The number of hydrogen-bond acceptors (Lipinski definition) is 3. The first kappa shape index (κ1) is 15.9. The largest absolute Gasteiger partial charge is 0.355 e. The van der Waals surface area contributed by atoms with Gasteiger partial charge < -0.3 is 16.4 Å². The summed E-state index contributed by atoms with van der Waals surface area (Å²) >= 11 is 0. The summed E-state index contributed by atoms with van der Waals surface area (Å²) in [5, 5.41) is 5.16. The van der Waals surface area contributed by atoms with Crippen LogP contribution in [0.15, 0.2) is 0 Å². The van der Waals surface area contributed by atoms with Crippen molar-refractivity contribution in [3.05, 3.63) is 0 Å². The maximum atomic E-state index is 11.5. The third kappa shape index (κ3) is 9.81. The van der Waals surface area contributed by atoms with Crippen molar-refractivity contribution in [1.82, 2.24) is 10.6 Å². The Hall–Kier alpha value is -1.10. The topological polar surface area (TPSA) is 84.2 Å². The Bertz CT molecular complexity index is 259. The fourth-order valence-corrected chi connectivity index (χ4v) is 1.61. The molecule has 5 nitrogen and oxygen atoms in total. The van der Waals surface area contributed by atoms with Gasteiger partial charge in [0.05, 0.1) is 6.54 Å². The van der Waals surface area contributed by atoms with Crippen LogP contribution in [0.3, 0.4) is 0 Å². The molecule has 0 bridgehead atoms. The highest BCUT2D eigenvalue weighted by molar-refractivity contribution is 5.84. The number of nitrogens with two attached hydrogens (primary N) is 1. The molecular weight excluding hydrogens is 218 g/mol. The molecule has 1 unspecified atom stereocenters. The van der Waals surface area contributed by atoms with E-state index in [1.165, 1.54) is 0 Å². The van der Waals surface area contributed by atoms with Crippen LogP contribution in [0.25, 0.3) is 0 Å². The number of rotatable bonds is 6.